The Balaban J connectivity index is 1.92. The molecule has 0 aliphatic heterocycles. The molecule has 2 aromatic carbocycles. The fourth-order valence-electron chi connectivity index (χ4n) is 3.84. The molecule has 0 bridgehead atoms. The van der Waals surface area contributed by atoms with Gasteiger partial charge in [0.1, 0.15) is 0 Å². The molecule has 3 heterocycles. The van der Waals surface area contributed by atoms with E-state index in [1.807, 2.05) is 44.4 Å². The Morgan fingerprint density at radius 1 is 0.964 bits per heavy atom. The van der Waals surface area contributed by atoms with Crippen LogP contribution in [0.5, 0.6) is 0 Å². The first-order valence-corrected chi connectivity index (χ1v) is 9.11. The summed E-state index contributed by atoms with van der Waals surface area (Å²) in [5.74, 6) is 0. The molecule has 0 aliphatic rings. The van der Waals surface area contributed by atoms with Crippen LogP contribution < -0.4 is 5.69 Å². The summed E-state index contributed by atoms with van der Waals surface area (Å²) in [7, 11) is 3.64. The summed E-state index contributed by atoms with van der Waals surface area (Å²) in [6, 6.07) is 16.4. The topological polar surface area (TPSA) is 57.6 Å². The lowest BCUT2D eigenvalue weighted by Gasteiger charge is -2.07. The number of hydrogen-bond donors (Lipinski definition) is 0. The first-order valence-electron chi connectivity index (χ1n) is 9.11. The minimum Gasteiger partial charge on any atom is -0.293 e. The molecular formula is C22H19N5O. The zero-order valence-electron chi connectivity index (χ0n) is 15.9. The van der Waals surface area contributed by atoms with Crippen LogP contribution >= 0.6 is 0 Å². The number of aryl methyl sites for hydroxylation is 3. The summed E-state index contributed by atoms with van der Waals surface area (Å²) < 4.78 is 5.12. The number of aromatic nitrogens is 5. The largest absolute Gasteiger partial charge is 0.333 e. The first kappa shape index (κ1) is 16.5. The summed E-state index contributed by atoms with van der Waals surface area (Å²) in [6.45, 7) is 1.92. The van der Waals surface area contributed by atoms with Crippen LogP contribution in [0.25, 0.3) is 38.8 Å². The highest BCUT2D eigenvalue weighted by Crippen LogP contribution is 2.30. The van der Waals surface area contributed by atoms with E-state index in [0.29, 0.717) is 0 Å². The maximum atomic E-state index is 13.1. The second kappa shape index (κ2) is 5.92. The van der Waals surface area contributed by atoms with Crippen molar-refractivity contribution in [3.63, 3.8) is 0 Å². The van der Waals surface area contributed by atoms with Crippen molar-refractivity contribution >= 4 is 21.9 Å². The summed E-state index contributed by atoms with van der Waals surface area (Å²) >= 11 is 0. The van der Waals surface area contributed by atoms with Crippen LogP contribution in [0.3, 0.4) is 0 Å². The van der Waals surface area contributed by atoms with Gasteiger partial charge in [-0.1, -0.05) is 36.4 Å². The Kier molecular flexibility index (Phi) is 3.49. The minimum atomic E-state index is -0.106. The number of imidazole rings is 1. The lowest BCUT2D eigenvalue weighted by Crippen LogP contribution is -2.21. The van der Waals surface area contributed by atoms with Crippen molar-refractivity contribution in [3.05, 3.63) is 77.1 Å². The molecule has 0 N–H and O–H groups in total. The predicted octanol–water partition coefficient (Wildman–Crippen LogP) is 3.59. The maximum Gasteiger partial charge on any atom is 0.333 e. The van der Waals surface area contributed by atoms with Gasteiger partial charge in [-0.3, -0.25) is 18.8 Å². The zero-order chi connectivity index (χ0) is 19.4. The number of nitrogens with zero attached hydrogens (tertiary/aromatic N) is 5. The maximum absolute atomic E-state index is 13.1. The SMILES string of the molecule is Cc1nn(C)cc1-n1c(=O)n(C)c2cnc3ccc(-c4ccccc4)cc3c21. The number of pyridine rings is 1. The van der Waals surface area contributed by atoms with Crippen molar-refractivity contribution in [1.29, 1.82) is 0 Å². The van der Waals surface area contributed by atoms with Crippen molar-refractivity contribution in [2.45, 2.75) is 6.92 Å². The zero-order valence-corrected chi connectivity index (χ0v) is 15.9. The number of rotatable bonds is 2. The van der Waals surface area contributed by atoms with E-state index in [9.17, 15) is 4.79 Å². The molecule has 0 amide bonds. The Labute approximate surface area is 161 Å². The molecule has 0 spiro atoms. The van der Waals surface area contributed by atoms with Gasteiger partial charge in [0, 0.05) is 25.7 Å². The smallest absolute Gasteiger partial charge is 0.293 e. The molecule has 6 nitrogen and oxygen atoms in total. The standard InChI is InChI=1S/C22H19N5O/c1-14-20(13-25(2)24-14)27-21-17-11-16(15-7-5-4-6-8-15)9-10-18(17)23-12-19(21)26(3)22(27)28/h4-13H,1-3H3. The Hall–Kier alpha value is -3.67. The number of benzene rings is 2. The van der Waals surface area contributed by atoms with Gasteiger partial charge in [-0.05, 0) is 30.2 Å². The average Bonchev–Trinajstić information content (AvgIpc) is 3.17. The Bertz CT molecular complexity index is 1410. The van der Waals surface area contributed by atoms with Crippen molar-refractivity contribution in [3.8, 4) is 16.8 Å². The highest BCUT2D eigenvalue weighted by Gasteiger charge is 2.19. The Morgan fingerprint density at radius 2 is 1.75 bits per heavy atom. The molecule has 0 fully saturated rings. The van der Waals surface area contributed by atoms with E-state index < -0.39 is 0 Å². The van der Waals surface area contributed by atoms with Gasteiger partial charge in [-0.15, -0.1) is 0 Å². The van der Waals surface area contributed by atoms with E-state index in [1.54, 1.807) is 27.1 Å². The van der Waals surface area contributed by atoms with Crippen molar-refractivity contribution in [2.24, 2.45) is 14.1 Å². The van der Waals surface area contributed by atoms with Gasteiger partial charge in [-0.2, -0.15) is 5.10 Å². The molecule has 0 unspecified atom stereocenters. The molecule has 3 aromatic heterocycles. The molecule has 0 saturated heterocycles. The molecular weight excluding hydrogens is 350 g/mol. The van der Waals surface area contributed by atoms with Gasteiger partial charge in [0.05, 0.1) is 34.1 Å². The third-order valence-corrected chi connectivity index (χ3v) is 5.22. The normalized spacial score (nSPS) is 11.5. The second-order valence-electron chi connectivity index (χ2n) is 7.04. The van der Waals surface area contributed by atoms with E-state index in [0.717, 1.165) is 44.4 Å². The van der Waals surface area contributed by atoms with Crippen LogP contribution in [-0.2, 0) is 14.1 Å². The summed E-state index contributed by atoms with van der Waals surface area (Å²) in [5, 5.41) is 5.37. The monoisotopic (exact) mass is 369 g/mol. The van der Waals surface area contributed by atoms with Gasteiger partial charge >= 0.3 is 5.69 Å². The molecule has 6 heteroatoms. The number of fused-ring (bicyclic) bond motifs is 3. The highest BCUT2D eigenvalue weighted by atomic mass is 16.1. The first-order chi connectivity index (χ1) is 13.5. The van der Waals surface area contributed by atoms with Gasteiger partial charge in [0.2, 0.25) is 0 Å². The minimum absolute atomic E-state index is 0.106. The third kappa shape index (κ3) is 2.31. The van der Waals surface area contributed by atoms with Crippen LogP contribution in [0, 0.1) is 6.92 Å². The molecule has 5 aromatic rings. The molecule has 138 valence electrons. The van der Waals surface area contributed by atoms with Crippen LogP contribution in [-0.4, -0.2) is 23.9 Å². The van der Waals surface area contributed by atoms with E-state index >= 15 is 0 Å². The van der Waals surface area contributed by atoms with Gasteiger partial charge in [-0.25, -0.2) is 4.79 Å². The van der Waals surface area contributed by atoms with Crippen molar-refractivity contribution in [2.75, 3.05) is 0 Å². The lowest BCUT2D eigenvalue weighted by molar-refractivity contribution is 0.756. The van der Waals surface area contributed by atoms with Crippen LogP contribution in [0.15, 0.2) is 65.7 Å². The fourth-order valence-corrected chi connectivity index (χ4v) is 3.84. The summed E-state index contributed by atoms with van der Waals surface area (Å²) in [6.07, 6.45) is 3.65. The lowest BCUT2D eigenvalue weighted by atomic mass is 10.0. The quantitative estimate of drug-likeness (QED) is 0.478. The van der Waals surface area contributed by atoms with E-state index in [-0.39, 0.29) is 5.69 Å². The van der Waals surface area contributed by atoms with Crippen LogP contribution in [0.4, 0.5) is 0 Å². The second-order valence-corrected chi connectivity index (χ2v) is 7.04. The van der Waals surface area contributed by atoms with Crippen molar-refractivity contribution < 1.29 is 0 Å². The van der Waals surface area contributed by atoms with Crippen LogP contribution in [0.1, 0.15) is 5.69 Å². The van der Waals surface area contributed by atoms with Crippen molar-refractivity contribution in [1.82, 2.24) is 23.9 Å². The van der Waals surface area contributed by atoms with Gasteiger partial charge in [0.15, 0.2) is 0 Å². The van der Waals surface area contributed by atoms with Gasteiger partial charge in [0.25, 0.3) is 0 Å². The fraction of sp³-hybridized carbons (Fsp3) is 0.136. The van der Waals surface area contributed by atoms with E-state index in [2.05, 4.69) is 34.3 Å². The average molecular weight is 369 g/mol. The Morgan fingerprint density at radius 3 is 2.46 bits per heavy atom. The summed E-state index contributed by atoms with van der Waals surface area (Å²) in [4.78, 5) is 17.7. The van der Waals surface area contributed by atoms with E-state index in [1.165, 1.54) is 0 Å². The van der Waals surface area contributed by atoms with Crippen LogP contribution in [0.2, 0.25) is 0 Å². The highest BCUT2D eigenvalue weighted by molar-refractivity contribution is 6.04. The third-order valence-electron chi connectivity index (χ3n) is 5.22. The molecule has 0 atom stereocenters. The number of hydrogen-bond acceptors (Lipinski definition) is 3. The predicted molar refractivity (Wildman–Crippen MR) is 111 cm³/mol. The van der Waals surface area contributed by atoms with Gasteiger partial charge < -0.3 is 0 Å². The molecule has 0 aliphatic carbocycles. The molecule has 28 heavy (non-hydrogen) atoms. The summed E-state index contributed by atoms with van der Waals surface area (Å²) in [5.41, 5.74) is 6.21. The molecule has 0 radical (unpaired) electrons. The molecule has 5 rings (SSSR count). The van der Waals surface area contributed by atoms with E-state index in [4.69, 9.17) is 0 Å². The molecule has 0 saturated carbocycles.